The first kappa shape index (κ1) is 41.1. The van der Waals surface area contributed by atoms with Crippen LogP contribution in [0.4, 0.5) is 9.59 Å². The molecule has 0 spiro atoms. The van der Waals surface area contributed by atoms with E-state index in [1.807, 2.05) is 6.92 Å². The zero-order valence-corrected chi connectivity index (χ0v) is 30.1. The summed E-state index contributed by atoms with van der Waals surface area (Å²) in [6.45, 7) is 10.8. The minimum atomic E-state index is -0.974. The quantitative estimate of drug-likeness (QED) is 0.112. The highest BCUT2D eigenvalue weighted by molar-refractivity contribution is 8.00. The second kappa shape index (κ2) is 21.1. The van der Waals surface area contributed by atoms with Gasteiger partial charge in [-0.2, -0.15) is 0 Å². The van der Waals surface area contributed by atoms with Crippen molar-refractivity contribution in [2.45, 2.75) is 64.5 Å². The van der Waals surface area contributed by atoms with Gasteiger partial charge in [-0.05, 0) is 44.6 Å². The van der Waals surface area contributed by atoms with Gasteiger partial charge in [0.25, 0.3) is 0 Å². The standard InChI is InChI=1S/C32H51N7O9S/c1-7-37(8-2)15-16-38(9-3)32(45)48-23-11-10-22(18-24(23)46-6)25(47-31(44)36-21(4)33)20-35-28(41)13-17-49-26-19-29(42)39(30(26)43)14-12-27(40)34-5/h10-11,18,21,25-26H,7-9,12-17,19-20,33H2,1-6H3,(H,34,40)(H,35,41)(H,36,44). The Kier molecular flexibility index (Phi) is 17.7. The average molecular weight is 710 g/mol. The number of carbonyl (C=O) groups is 6. The van der Waals surface area contributed by atoms with E-state index in [2.05, 4.69) is 34.7 Å². The number of methoxy groups -OCH3 is 1. The molecule has 274 valence electrons. The Morgan fingerprint density at radius 2 is 1.76 bits per heavy atom. The SMILES string of the molecule is CCN(CC)CCN(CC)C(=O)Oc1ccc(C(CNC(=O)CCSC2CC(=O)N(CCC(=O)NC)C2=O)OC(=O)NC(C)N)cc1OC. The number of nitrogens with one attached hydrogen (secondary N) is 3. The minimum Gasteiger partial charge on any atom is -0.493 e. The Morgan fingerprint density at radius 3 is 2.37 bits per heavy atom. The number of hydrogen-bond donors (Lipinski definition) is 4. The molecule has 5 N–H and O–H groups in total. The molecule has 1 aromatic rings. The van der Waals surface area contributed by atoms with Gasteiger partial charge in [0.2, 0.25) is 23.6 Å². The number of amides is 6. The van der Waals surface area contributed by atoms with Gasteiger partial charge in [0.05, 0.1) is 25.1 Å². The van der Waals surface area contributed by atoms with E-state index in [0.29, 0.717) is 25.2 Å². The molecule has 1 aromatic carbocycles. The minimum absolute atomic E-state index is 0.00336. The maximum atomic E-state index is 13.0. The molecule has 16 nitrogen and oxygen atoms in total. The van der Waals surface area contributed by atoms with Crippen LogP contribution in [-0.2, 0) is 23.9 Å². The summed E-state index contributed by atoms with van der Waals surface area (Å²) in [5.74, 6) is -0.729. The van der Waals surface area contributed by atoms with Gasteiger partial charge in [0, 0.05) is 58.2 Å². The van der Waals surface area contributed by atoms with Crippen molar-refractivity contribution in [3.8, 4) is 11.5 Å². The molecular formula is C32H51N7O9S. The molecule has 3 atom stereocenters. The number of nitrogens with zero attached hydrogens (tertiary/aromatic N) is 3. The van der Waals surface area contributed by atoms with Crippen LogP contribution in [0.1, 0.15) is 58.6 Å². The molecule has 0 radical (unpaired) electrons. The number of nitrogens with two attached hydrogens (primary N) is 1. The smallest absolute Gasteiger partial charge is 0.415 e. The van der Waals surface area contributed by atoms with Gasteiger partial charge >= 0.3 is 12.2 Å². The first-order chi connectivity index (χ1) is 23.4. The lowest BCUT2D eigenvalue weighted by molar-refractivity contribution is -0.138. The van der Waals surface area contributed by atoms with Crippen molar-refractivity contribution in [3.05, 3.63) is 23.8 Å². The number of hydrogen-bond acceptors (Lipinski definition) is 12. The van der Waals surface area contributed by atoms with E-state index in [4.69, 9.17) is 19.9 Å². The van der Waals surface area contributed by atoms with Crippen molar-refractivity contribution < 1.29 is 43.0 Å². The molecule has 0 saturated carbocycles. The fourth-order valence-electron chi connectivity index (χ4n) is 4.83. The lowest BCUT2D eigenvalue weighted by Crippen LogP contribution is -2.41. The molecule has 49 heavy (non-hydrogen) atoms. The lowest BCUT2D eigenvalue weighted by Gasteiger charge is -2.25. The highest BCUT2D eigenvalue weighted by atomic mass is 32.2. The molecule has 0 aromatic heterocycles. The van der Waals surface area contributed by atoms with Crippen LogP contribution in [0.25, 0.3) is 0 Å². The third-order valence-corrected chi connectivity index (χ3v) is 8.96. The van der Waals surface area contributed by atoms with Gasteiger partial charge in [0.1, 0.15) is 6.10 Å². The van der Waals surface area contributed by atoms with E-state index in [-0.39, 0.29) is 73.2 Å². The monoisotopic (exact) mass is 709 g/mol. The Balaban J connectivity index is 2.05. The average Bonchev–Trinajstić information content (AvgIpc) is 3.34. The number of thioether (sulfide) groups is 1. The van der Waals surface area contributed by atoms with E-state index in [9.17, 15) is 28.8 Å². The van der Waals surface area contributed by atoms with E-state index in [0.717, 1.165) is 18.0 Å². The van der Waals surface area contributed by atoms with Crippen LogP contribution < -0.4 is 31.2 Å². The lowest BCUT2D eigenvalue weighted by atomic mass is 10.1. The molecule has 3 unspecified atom stereocenters. The molecule has 1 heterocycles. The molecule has 2 rings (SSSR count). The van der Waals surface area contributed by atoms with Crippen LogP contribution in [-0.4, -0.2) is 128 Å². The number of rotatable bonds is 20. The first-order valence-corrected chi connectivity index (χ1v) is 17.4. The summed E-state index contributed by atoms with van der Waals surface area (Å²) >= 11 is 1.19. The van der Waals surface area contributed by atoms with E-state index < -0.39 is 29.7 Å². The Morgan fingerprint density at radius 1 is 1.04 bits per heavy atom. The highest BCUT2D eigenvalue weighted by Gasteiger charge is 2.38. The molecular weight excluding hydrogens is 658 g/mol. The van der Waals surface area contributed by atoms with Gasteiger partial charge < -0.3 is 45.7 Å². The Labute approximate surface area is 292 Å². The largest absolute Gasteiger partial charge is 0.493 e. The molecule has 0 bridgehead atoms. The summed E-state index contributed by atoms with van der Waals surface area (Å²) in [5.41, 5.74) is 6.13. The molecule has 17 heteroatoms. The molecule has 1 aliphatic rings. The number of imide groups is 1. The van der Waals surface area contributed by atoms with Gasteiger partial charge in [-0.3, -0.25) is 24.1 Å². The summed E-state index contributed by atoms with van der Waals surface area (Å²) in [5, 5.41) is 7.01. The highest BCUT2D eigenvalue weighted by Crippen LogP contribution is 2.32. The van der Waals surface area contributed by atoms with E-state index in [1.54, 1.807) is 24.0 Å². The second-order valence-corrected chi connectivity index (χ2v) is 12.4. The number of alkyl carbamates (subject to hydrolysis) is 1. The van der Waals surface area contributed by atoms with E-state index >= 15 is 0 Å². The van der Waals surface area contributed by atoms with Crippen LogP contribution >= 0.6 is 11.8 Å². The third kappa shape index (κ3) is 13.4. The summed E-state index contributed by atoms with van der Waals surface area (Å²) in [6, 6.07) is 4.68. The Hall–Kier alpha value is -4.09. The van der Waals surface area contributed by atoms with Crippen LogP contribution in [0.15, 0.2) is 18.2 Å². The first-order valence-electron chi connectivity index (χ1n) is 16.4. The Bertz CT molecular complexity index is 1300. The summed E-state index contributed by atoms with van der Waals surface area (Å²) in [6.07, 6.45) is -2.95. The van der Waals surface area contributed by atoms with Crippen LogP contribution in [0.3, 0.4) is 0 Å². The molecule has 6 amide bonds. The zero-order chi connectivity index (χ0) is 36.5. The summed E-state index contributed by atoms with van der Waals surface area (Å²) in [4.78, 5) is 79.5. The van der Waals surface area contributed by atoms with Crippen molar-refractivity contribution in [1.82, 2.24) is 30.7 Å². The number of ether oxygens (including phenoxy) is 3. The number of likely N-dealkylation sites (N-methyl/N-ethyl adjacent to an activating group) is 2. The molecule has 1 fully saturated rings. The molecule has 0 aliphatic carbocycles. The maximum Gasteiger partial charge on any atom is 0.415 e. The van der Waals surface area contributed by atoms with Gasteiger partial charge in [-0.15, -0.1) is 11.8 Å². The summed E-state index contributed by atoms with van der Waals surface area (Å²) < 4.78 is 16.7. The van der Waals surface area contributed by atoms with Crippen LogP contribution in [0, 0.1) is 0 Å². The normalized spacial score (nSPS) is 15.4. The molecule has 1 saturated heterocycles. The van der Waals surface area contributed by atoms with Crippen LogP contribution in [0.5, 0.6) is 11.5 Å². The van der Waals surface area contributed by atoms with Crippen molar-refractivity contribution in [2.75, 3.05) is 65.7 Å². The van der Waals surface area contributed by atoms with Crippen molar-refractivity contribution in [1.29, 1.82) is 0 Å². The summed E-state index contributed by atoms with van der Waals surface area (Å²) in [7, 11) is 2.89. The predicted molar refractivity (Wildman–Crippen MR) is 184 cm³/mol. The van der Waals surface area contributed by atoms with Crippen molar-refractivity contribution >= 4 is 47.6 Å². The predicted octanol–water partition coefficient (Wildman–Crippen LogP) is 1.43. The number of likely N-dealkylation sites (tertiary alicyclic amines) is 1. The topological polar surface area (TPSA) is 202 Å². The number of benzene rings is 1. The number of carbonyl (C=O) groups excluding carboxylic acids is 6. The maximum absolute atomic E-state index is 13.0. The van der Waals surface area contributed by atoms with Gasteiger partial charge in [-0.1, -0.05) is 19.9 Å². The van der Waals surface area contributed by atoms with Gasteiger partial charge in [0.15, 0.2) is 11.5 Å². The second-order valence-electron chi connectivity index (χ2n) is 11.1. The van der Waals surface area contributed by atoms with E-state index in [1.165, 1.54) is 32.0 Å². The fraction of sp³-hybridized carbons (Fsp3) is 0.625. The zero-order valence-electron chi connectivity index (χ0n) is 29.2. The fourth-order valence-corrected chi connectivity index (χ4v) is 5.95. The third-order valence-electron chi connectivity index (χ3n) is 7.75. The van der Waals surface area contributed by atoms with Gasteiger partial charge in [-0.25, -0.2) is 9.59 Å². The molecule has 1 aliphatic heterocycles. The van der Waals surface area contributed by atoms with Crippen molar-refractivity contribution in [2.24, 2.45) is 5.73 Å². The van der Waals surface area contributed by atoms with Crippen molar-refractivity contribution in [3.63, 3.8) is 0 Å². The van der Waals surface area contributed by atoms with Crippen LogP contribution in [0.2, 0.25) is 0 Å².